The highest BCUT2D eigenvalue weighted by Crippen LogP contribution is 2.23. The summed E-state index contributed by atoms with van der Waals surface area (Å²) < 4.78 is 0. The molecule has 1 rings (SSSR count). The van der Waals surface area contributed by atoms with Gasteiger partial charge in [0, 0.05) is 6.54 Å². The van der Waals surface area contributed by atoms with Crippen LogP contribution in [0.4, 0.5) is 0 Å². The lowest BCUT2D eigenvalue weighted by molar-refractivity contribution is 0.386. The van der Waals surface area contributed by atoms with Crippen LogP contribution in [0.1, 0.15) is 52.4 Å². The van der Waals surface area contributed by atoms with Crippen molar-refractivity contribution in [1.29, 1.82) is 5.26 Å². The predicted molar refractivity (Wildman–Crippen MR) is 79.8 cm³/mol. The molecule has 0 amide bonds. The number of nitrogens with zero attached hydrogens (tertiary/aromatic N) is 3. The smallest absolute Gasteiger partial charge is 0.168 e. The largest absolute Gasteiger partial charge is 0.362 e. The molecule has 1 unspecified atom stereocenters. The maximum Gasteiger partial charge on any atom is 0.168 e. The Bertz CT molecular complexity index is 357. The summed E-state index contributed by atoms with van der Waals surface area (Å²) in [5.74, 6) is 0. The van der Waals surface area contributed by atoms with Crippen molar-refractivity contribution in [2.45, 2.75) is 64.1 Å². The first kappa shape index (κ1) is 15.8. The van der Waals surface area contributed by atoms with Crippen LogP contribution in [0.3, 0.4) is 0 Å². The van der Waals surface area contributed by atoms with Crippen LogP contribution in [0.5, 0.6) is 0 Å². The van der Waals surface area contributed by atoms with Crippen LogP contribution in [-0.2, 0) is 0 Å². The van der Waals surface area contributed by atoms with Gasteiger partial charge in [0.15, 0.2) is 5.11 Å². The van der Waals surface area contributed by atoms with E-state index in [2.05, 4.69) is 33.9 Å². The molecule has 0 spiro atoms. The highest BCUT2D eigenvalue weighted by atomic mass is 32.1. The molecule has 19 heavy (non-hydrogen) atoms. The van der Waals surface area contributed by atoms with Crippen molar-refractivity contribution in [3.8, 4) is 6.07 Å². The zero-order chi connectivity index (χ0) is 14.1. The van der Waals surface area contributed by atoms with Gasteiger partial charge in [-0.15, -0.1) is 0 Å². The number of rotatable bonds is 6. The molecule has 106 valence electrons. The molecule has 1 aliphatic carbocycles. The van der Waals surface area contributed by atoms with Crippen LogP contribution in [-0.4, -0.2) is 23.4 Å². The van der Waals surface area contributed by atoms with Crippen molar-refractivity contribution >= 4 is 17.3 Å². The number of hydrogen-bond donors (Lipinski definition) is 2. The number of nitriles is 1. The molecule has 0 aromatic carbocycles. The van der Waals surface area contributed by atoms with Crippen molar-refractivity contribution in [3.63, 3.8) is 0 Å². The molecule has 2 N–H and O–H groups in total. The first-order valence-electron chi connectivity index (χ1n) is 6.94. The number of nitrogens with one attached hydrogen (secondary N) is 2. The Hall–Kier alpha value is -1.22. The third kappa shape index (κ3) is 5.97. The van der Waals surface area contributed by atoms with E-state index in [4.69, 9.17) is 17.5 Å². The Morgan fingerprint density at radius 3 is 2.74 bits per heavy atom. The summed E-state index contributed by atoms with van der Waals surface area (Å²) in [7, 11) is 0. The van der Waals surface area contributed by atoms with Gasteiger partial charge in [-0.2, -0.15) is 15.5 Å². The Kier molecular flexibility index (Phi) is 6.71. The van der Waals surface area contributed by atoms with Crippen LogP contribution in [0, 0.1) is 11.3 Å². The molecule has 1 aliphatic rings. The molecule has 0 bridgehead atoms. The number of hydrogen-bond acceptors (Lipinski definition) is 4. The lowest BCUT2D eigenvalue weighted by Crippen LogP contribution is -2.48. The molecule has 0 heterocycles. The monoisotopic (exact) mass is 281 g/mol. The van der Waals surface area contributed by atoms with E-state index in [0.717, 1.165) is 19.3 Å². The van der Waals surface area contributed by atoms with E-state index in [0.29, 0.717) is 24.1 Å². The molecule has 0 radical (unpaired) electrons. The molecule has 6 heteroatoms. The minimum absolute atomic E-state index is 0.382. The zero-order valence-corrected chi connectivity index (χ0v) is 12.6. The summed E-state index contributed by atoms with van der Waals surface area (Å²) in [5.41, 5.74) is -0.459. The molecular weight excluding hydrogens is 258 g/mol. The number of azo groups is 1. The second-order valence-electron chi connectivity index (χ2n) is 5.07. The summed E-state index contributed by atoms with van der Waals surface area (Å²) >= 11 is 5.20. The van der Waals surface area contributed by atoms with Crippen molar-refractivity contribution in [3.05, 3.63) is 0 Å². The average molecular weight is 281 g/mol. The summed E-state index contributed by atoms with van der Waals surface area (Å²) in [6, 6.07) is 2.45. The maximum absolute atomic E-state index is 8.48. The van der Waals surface area contributed by atoms with E-state index >= 15 is 0 Å². The molecule has 0 saturated heterocycles. The summed E-state index contributed by atoms with van der Waals surface area (Å²) in [5, 5.41) is 24.1. The summed E-state index contributed by atoms with van der Waals surface area (Å²) in [6.45, 7) is 4.60. The zero-order valence-electron chi connectivity index (χ0n) is 11.8. The van der Waals surface area contributed by atoms with Crippen molar-refractivity contribution in [1.82, 2.24) is 10.6 Å². The first-order chi connectivity index (χ1) is 9.09. The van der Waals surface area contributed by atoms with E-state index in [1.807, 2.05) is 6.92 Å². The van der Waals surface area contributed by atoms with Gasteiger partial charge < -0.3 is 10.6 Å². The Morgan fingerprint density at radius 1 is 1.47 bits per heavy atom. The topological polar surface area (TPSA) is 72.6 Å². The second kappa shape index (κ2) is 8.05. The minimum atomic E-state index is -0.459. The van der Waals surface area contributed by atoms with Crippen molar-refractivity contribution in [2.24, 2.45) is 10.2 Å². The van der Waals surface area contributed by atoms with E-state index in [-0.39, 0.29) is 0 Å². The van der Waals surface area contributed by atoms with Crippen LogP contribution >= 0.6 is 12.2 Å². The SMILES string of the molecule is CCC(C)(N=NC1CCCC1)NC(=S)NCCC#N. The average Bonchev–Trinajstić information content (AvgIpc) is 2.90. The van der Waals surface area contributed by atoms with Crippen LogP contribution in [0.25, 0.3) is 0 Å². The highest BCUT2D eigenvalue weighted by Gasteiger charge is 2.23. The fourth-order valence-electron chi connectivity index (χ4n) is 1.93. The van der Waals surface area contributed by atoms with Crippen molar-refractivity contribution in [2.75, 3.05) is 6.54 Å². The van der Waals surface area contributed by atoms with Gasteiger partial charge >= 0.3 is 0 Å². The number of thiocarbonyl (C=S) groups is 1. The van der Waals surface area contributed by atoms with Gasteiger partial charge in [-0.25, -0.2) is 0 Å². The summed E-state index contributed by atoms with van der Waals surface area (Å²) in [4.78, 5) is 0. The predicted octanol–water partition coefficient (Wildman–Crippen LogP) is 2.89. The fourth-order valence-corrected chi connectivity index (χ4v) is 2.26. The molecule has 5 nitrogen and oxygen atoms in total. The van der Waals surface area contributed by atoms with Gasteiger partial charge in [0.2, 0.25) is 0 Å². The van der Waals surface area contributed by atoms with Crippen LogP contribution < -0.4 is 10.6 Å². The van der Waals surface area contributed by atoms with Crippen LogP contribution in [0.2, 0.25) is 0 Å². The molecule has 1 saturated carbocycles. The Morgan fingerprint density at radius 2 is 2.16 bits per heavy atom. The Labute approximate surface area is 120 Å². The molecule has 0 aromatic heterocycles. The van der Waals surface area contributed by atoms with E-state index in [1.54, 1.807) is 0 Å². The normalized spacial score (nSPS) is 19.0. The standard InChI is InChI=1S/C13H23N5S/c1-3-13(2,16-12(19)15-10-6-9-14)18-17-11-7-4-5-8-11/h11H,3-8,10H2,1-2H3,(H2,15,16,19). The Balaban J connectivity index is 2.44. The van der Waals surface area contributed by atoms with Gasteiger partial charge in [-0.1, -0.05) is 19.8 Å². The highest BCUT2D eigenvalue weighted by molar-refractivity contribution is 7.80. The van der Waals surface area contributed by atoms with Gasteiger partial charge in [-0.3, -0.25) is 0 Å². The lowest BCUT2D eigenvalue weighted by atomic mass is 10.1. The van der Waals surface area contributed by atoms with Gasteiger partial charge in [-0.05, 0) is 38.4 Å². The third-order valence-corrected chi connectivity index (χ3v) is 3.61. The molecule has 1 atom stereocenters. The van der Waals surface area contributed by atoms with Gasteiger partial charge in [0.25, 0.3) is 0 Å². The summed E-state index contributed by atoms with van der Waals surface area (Å²) in [6.07, 6.45) is 6.06. The molecule has 0 aromatic rings. The molecule has 0 aliphatic heterocycles. The molecule has 1 fully saturated rings. The minimum Gasteiger partial charge on any atom is -0.362 e. The van der Waals surface area contributed by atoms with Crippen molar-refractivity contribution < 1.29 is 0 Å². The van der Waals surface area contributed by atoms with E-state index in [1.165, 1.54) is 12.8 Å². The lowest BCUT2D eigenvalue weighted by Gasteiger charge is -2.26. The second-order valence-corrected chi connectivity index (χ2v) is 5.48. The first-order valence-corrected chi connectivity index (χ1v) is 7.35. The third-order valence-electron chi connectivity index (χ3n) is 3.36. The van der Waals surface area contributed by atoms with E-state index < -0.39 is 5.66 Å². The van der Waals surface area contributed by atoms with E-state index in [9.17, 15) is 0 Å². The maximum atomic E-state index is 8.48. The quantitative estimate of drug-likeness (QED) is 0.446. The molecular formula is C13H23N5S. The fraction of sp³-hybridized carbons (Fsp3) is 0.846. The van der Waals surface area contributed by atoms with Gasteiger partial charge in [0.05, 0.1) is 18.5 Å². The van der Waals surface area contributed by atoms with Gasteiger partial charge in [0.1, 0.15) is 5.66 Å². The van der Waals surface area contributed by atoms with Crippen LogP contribution in [0.15, 0.2) is 10.2 Å².